The maximum absolute atomic E-state index is 12.3. The molecule has 1 aromatic carbocycles. The van der Waals surface area contributed by atoms with Gasteiger partial charge in [-0.05, 0) is 24.6 Å². The highest BCUT2D eigenvalue weighted by Crippen LogP contribution is 2.28. The zero-order valence-electron chi connectivity index (χ0n) is 14.8. The van der Waals surface area contributed by atoms with Crippen molar-refractivity contribution in [3.63, 3.8) is 0 Å². The Balaban J connectivity index is 1.76. The molecule has 0 spiro atoms. The third-order valence-corrected chi connectivity index (χ3v) is 4.89. The minimum Gasteiger partial charge on any atom is -0.495 e. The van der Waals surface area contributed by atoms with Crippen LogP contribution in [0.3, 0.4) is 0 Å². The molecule has 0 unspecified atom stereocenters. The van der Waals surface area contributed by atoms with Crippen LogP contribution in [0.15, 0.2) is 34.2 Å². The number of rotatable bonds is 7. The second-order valence-electron chi connectivity index (χ2n) is 5.70. The maximum atomic E-state index is 12.3. The van der Waals surface area contributed by atoms with Crippen LogP contribution in [-0.4, -0.2) is 38.4 Å². The van der Waals surface area contributed by atoms with Crippen LogP contribution in [-0.2, 0) is 11.2 Å². The van der Waals surface area contributed by atoms with Gasteiger partial charge in [0, 0.05) is 16.8 Å². The lowest BCUT2D eigenvalue weighted by Gasteiger charge is -2.10. The Kier molecular flexibility index (Phi) is 6.02. The molecule has 1 amide bonds. The molecule has 10 heteroatoms. The minimum absolute atomic E-state index is 0.112. The summed E-state index contributed by atoms with van der Waals surface area (Å²) >= 11 is 7.21. The summed E-state index contributed by atoms with van der Waals surface area (Å²) in [5.74, 6) is 0.763. The first-order valence-corrected chi connectivity index (χ1v) is 9.61. The second-order valence-corrected chi connectivity index (χ2v) is 7.08. The fraction of sp³-hybridized carbons (Fsp3) is 0.294. The summed E-state index contributed by atoms with van der Waals surface area (Å²) < 4.78 is 6.99. The normalized spacial score (nSPS) is 10.9. The summed E-state index contributed by atoms with van der Waals surface area (Å²) in [5, 5.41) is 11.9. The van der Waals surface area contributed by atoms with Crippen LogP contribution in [0, 0.1) is 0 Å². The zero-order valence-corrected chi connectivity index (χ0v) is 16.4. The first-order chi connectivity index (χ1) is 13.0. The van der Waals surface area contributed by atoms with Crippen molar-refractivity contribution < 1.29 is 9.53 Å². The number of carbonyl (C=O) groups is 1. The molecule has 3 rings (SSSR count). The van der Waals surface area contributed by atoms with Crippen LogP contribution in [0.2, 0.25) is 5.02 Å². The van der Waals surface area contributed by atoms with Crippen molar-refractivity contribution in [2.24, 2.45) is 0 Å². The number of hydrogen-bond acceptors (Lipinski definition) is 6. The standard InChI is InChI=1S/C17H18ClN5O3S/c1-3-4-11-8-14(24)20-16-21-22-17(23(11)16)27-9-15(25)19-12-7-10(18)5-6-13(12)26-2/h5-8H,3-4,9H2,1-2H3,(H,19,25)(H,20,21,24). The van der Waals surface area contributed by atoms with Gasteiger partial charge in [-0.1, -0.05) is 36.7 Å². The Hall–Kier alpha value is -2.52. The molecule has 142 valence electrons. The van der Waals surface area contributed by atoms with Crippen LogP contribution in [0.5, 0.6) is 5.75 Å². The number of nitrogens with one attached hydrogen (secondary N) is 2. The van der Waals surface area contributed by atoms with Crippen LogP contribution >= 0.6 is 23.4 Å². The van der Waals surface area contributed by atoms with Crippen molar-refractivity contribution in [3.05, 3.63) is 45.3 Å². The van der Waals surface area contributed by atoms with Crippen LogP contribution in [0.1, 0.15) is 19.0 Å². The topological polar surface area (TPSA) is 101 Å². The number of methoxy groups -OCH3 is 1. The van der Waals surface area contributed by atoms with E-state index in [1.54, 1.807) is 22.6 Å². The second kappa shape index (κ2) is 8.45. The highest BCUT2D eigenvalue weighted by molar-refractivity contribution is 7.99. The monoisotopic (exact) mass is 407 g/mol. The van der Waals surface area contributed by atoms with E-state index in [2.05, 4.69) is 20.5 Å². The van der Waals surface area contributed by atoms with Crippen molar-refractivity contribution in [2.75, 3.05) is 18.2 Å². The number of ether oxygens (including phenoxy) is 1. The molecular formula is C17H18ClN5O3S. The number of carbonyl (C=O) groups excluding carboxylic acids is 1. The number of hydrogen-bond donors (Lipinski definition) is 2. The third-order valence-electron chi connectivity index (χ3n) is 3.73. The van der Waals surface area contributed by atoms with Crippen molar-refractivity contribution in [2.45, 2.75) is 24.9 Å². The van der Waals surface area contributed by atoms with E-state index in [0.29, 0.717) is 33.8 Å². The van der Waals surface area contributed by atoms with Crippen molar-refractivity contribution >= 4 is 40.7 Å². The van der Waals surface area contributed by atoms with Gasteiger partial charge in [-0.3, -0.25) is 19.0 Å². The van der Waals surface area contributed by atoms with E-state index in [1.165, 1.54) is 24.9 Å². The lowest BCUT2D eigenvalue weighted by molar-refractivity contribution is -0.113. The predicted molar refractivity (Wildman–Crippen MR) is 105 cm³/mol. The molecule has 0 fully saturated rings. The summed E-state index contributed by atoms with van der Waals surface area (Å²) in [7, 11) is 1.52. The number of aromatic amines is 1. The van der Waals surface area contributed by atoms with Crippen molar-refractivity contribution in [1.29, 1.82) is 0 Å². The molecule has 27 heavy (non-hydrogen) atoms. The Labute approximate surface area is 164 Å². The Morgan fingerprint density at radius 2 is 2.19 bits per heavy atom. The number of amides is 1. The molecule has 3 aromatic rings. The van der Waals surface area contributed by atoms with Crippen molar-refractivity contribution in [1.82, 2.24) is 19.6 Å². The SMILES string of the molecule is CCCc1cc(=O)[nH]c2nnc(SCC(=O)Nc3cc(Cl)ccc3OC)n12. The summed E-state index contributed by atoms with van der Waals surface area (Å²) in [6, 6.07) is 6.52. The lowest BCUT2D eigenvalue weighted by atomic mass is 10.2. The number of H-pyrrole nitrogens is 1. The molecular weight excluding hydrogens is 390 g/mol. The number of anilines is 1. The first-order valence-electron chi connectivity index (χ1n) is 8.25. The van der Waals surface area contributed by atoms with Gasteiger partial charge in [-0.2, -0.15) is 0 Å². The predicted octanol–water partition coefficient (Wildman–Crippen LogP) is 2.76. The largest absolute Gasteiger partial charge is 0.495 e. The quantitative estimate of drug-likeness (QED) is 0.584. The number of fused-ring (bicyclic) bond motifs is 1. The Morgan fingerprint density at radius 3 is 2.93 bits per heavy atom. The van der Waals surface area contributed by atoms with E-state index < -0.39 is 0 Å². The van der Waals surface area contributed by atoms with E-state index in [1.807, 2.05) is 6.92 Å². The van der Waals surface area contributed by atoms with Crippen LogP contribution in [0.4, 0.5) is 5.69 Å². The Morgan fingerprint density at radius 1 is 1.37 bits per heavy atom. The highest BCUT2D eigenvalue weighted by Gasteiger charge is 2.14. The fourth-order valence-electron chi connectivity index (χ4n) is 2.60. The molecule has 0 aliphatic carbocycles. The number of benzene rings is 1. The van der Waals surface area contributed by atoms with E-state index >= 15 is 0 Å². The molecule has 2 heterocycles. The minimum atomic E-state index is -0.237. The van der Waals surface area contributed by atoms with Gasteiger partial charge < -0.3 is 10.1 Å². The van der Waals surface area contributed by atoms with E-state index in [4.69, 9.17) is 16.3 Å². The molecule has 0 radical (unpaired) electrons. The van der Waals surface area contributed by atoms with E-state index in [9.17, 15) is 9.59 Å². The molecule has 0 aliphatic heterocycles. The molecule has 0 saturated carbocycles. The van der Waals surface area contributed by atoms with Gasteiger partial charge in [0.2, 0.25) is 11.7 Å². The van der Waals surface area contributed by atoms with Gasteiger partial charge in [-0.25, -0.2) is 0 Å². The summed E-state index contributed by atoms with van der Waals surface area (Å²) in [4.78, 5) is 26.7. The van der Waals surface area contributed by atoms with Crippen LogP contribution in [0.25, 0.3) is 5.78 Å². The summed E-state index contributed by atoms with van der Waals surface area (Å²) in [6.45, 7) is 2.02. The smallest absolute Gasteiger partial charge is 0.252 e. The molecule has 0 bridgehead atoms. The highest BCUT2D eigenvalue weighted by atomic mass is 35.5. The number of aryl methyl sites for hydroxylation is 1. The summed E-state index contributed by atoms with van der Waals surface area (Å²) in [6.07, 6.45) is 1.58. The molecule has 2 N–H and O–H groups in total. The van der Waals surface area contributed by atoms with Gasteiger partial charge in [0.25, 0.3) is 5.56 Å². The molecule has 0 aliphatic rings. The fourth-order valence-corrected chi connectivity index (χ4v) is 3.54. The molecule has 0 atom stereocenters. The van der Waals surface area contributed by atoms with Gasteiger partial charge in [0.05, 0.1) is 18.6 Å². The molecule has 8 nitrogen and oxygen atoms in total. The van der Waals surface area contributed by atoms with Crippen molar-refractivity contribution in [3.8, 4) is 5.75 Å². The average molecular weight is 408 g/mol. The first kappa shape index (κ1) is 19.2. The van der Waals surface area contributed by atoms with Crippen LogP contribution < -0.4 is 15.6 Å². The number of thioether (sulfide) groups is 1. The third kappa shape index (κ3) is 4.42. The van der Waals surface area contributed by atoms with Gasteiger partial charge >= 0.3 is 0 Å². The molecule has 2 aromatic heterocycles. The maximum Gasteiger partial charge on any atom is 0.252 e. The number of aromatic nitrogens is 4. The average Bonchev–Trinajstić information content (AvgIpc) is 3.03. The number of halogens is 1. The Bertz CT molecular complexity index is 1030. The van der Waals surface area contributed by atoms with E-state index in [-0.39, 0.29) is 17.2 Å². The van der Waals surface area contributed by atoms with Gasteiger partial charge in [0.15, 0.2) is 5.16 Å². The zero-order chi connectivity index (χ0) is 19.4. The van der Waals surface area contributed by atoms with Gasteiger partial charge in [0.1, 0.15) is 5.75 Å². The van der Waals surface area contributed by atoms with Gasteiger partial charge in [-0.15, -0.1) is 10.2 Å². The lowest BCUT2D eigenvalue weighted by Crippen LogP contribution is -2.15. The van der Waals surface area contributed by atoms with E-state index in [0.717, 1.165) is 12.1 Å². The molecule has 0 saturated heterocycles. The number of nitrogens with zero attached hydrogens (tertiary/aromatic N) is 3. The summed E-state index contributed by atoms with van der Waals surface area (Å²) in [5.41, 5.74) is 1.08.